The van der Waals surface area contributed by atoms with Gasteiger partial charge in [0.15, 0.2) is 17.3 Å². The maximum absolute atomic E-state index is 14.0. The van der Waals surface area contributed by atoms with Crippen LogP contribution >= 0.6 is 0 Å². The maximum atomic E-state index is 14.0. The molecule has 3 aliphatic heterocycles. The molecule has 7 aromatic carbocycles. The highest BCUT2D eigenvalue weighted by Crippen LogP contribution is 2.38. The van der Waals surface area contributed by atoms with Gasteiger partial charge in [-0.05, 0) is 165 Å². The first-order chi connectivity index (χ1) is 36.4. The lowest BCUT2D eigenvalue weighted by molar-refractivity contribution is 0.0908. The Morgan fingerprint density at radius 1 is 0.360 bits per heavy atom. The minimum absolute atomic E-state index is 0.122. The average Bonchev–Trinajstić information content (AvgIpc) is 4.17. The lowest BCUT2D eigenvalue weighted by Crippen LogP contribution is -2.22. The van der Waals surface area contributed by atoms with Crippen LogP contribution in [-0.2, 0) is 19.8 Å². The molecule has 3 aliphatic rings. The summed E-state index contributed by atoms with van der Waals surface area (Å²) in [5.41, 5.74) is 11.9. The highest BCUT2D eigenvalue weighted by atomic mass is 16.5. The molecule has 384 valence electrons. The number of nitrogens with zero attached hydrogens (tertiary/aromatic N) is 3. The van der Waals surface area contributed by atoms with Gasteiger partial charge in [-0.2, -0.15) is 0 Å². The lowest BCUT2D eigenvalue weighted by atomic mass is 9.84. The van der Waals surface area contributed by atoms with Gasteiger partial charge in [0.25, 0.3) is 0 Å². The third-order valence-corrected chi connectivity index (χ3v) is 16.5. The topological polar surface area (TPSA) is 88.6 Å². The van der Waals surface area contributed by atoms with Gasteiger partial charge in [-0.1, -0.05) is 91.0 Å². The van der Waals surface area contributed by atoms with Gasteiger partial charge in [0.1, 0.15) is 37.1 Å². The third kappa shape index (κ3) is 11.3. The first-order valence-corrected chi connectivity index (χ1v) is 26.5. The van der Waals surface area contributed by atoms with Gasteiger partial charge in [0.2, 0.25) is 0 Å². The van der Waals surface area contributed by atoms with Crippen LogP contribution in [0.3, 0.4) is 0 Å². The Hall–Kier alpha value is -7.17. The minimum atomic E-state index is -0.122. The summed E-state index contributed by atoms with van der Waals surface area (Å²) in [4.78, 5) is 48.8. The van der Waals surface area contributed by atoms with Crippen molar-refractivity contribution in [3.05, 3.63) is 231 Å². The summed E-state index contributed by atoms with van der Waals surface area (Å²) in [5, 5.41) is 0. The highest BCUT2D eigenvalue weighted by molar-refractivity contribution is 6.00. The zero-order chi connectivity index (χ0) is 52.2. The number of carbonyl (C=O) groups excluding carboxylic acids is 3. The zero-order valence-corrected chi connectivity index (χ0v) is 44.2. The molecule has 3 heterocycles. The Labute approximate surface area is 443 Å². The maximum Gasteiger partial charge on any atom is 0.167 e. The average molecular weight is 1000 g/mol. The Morgan fingerprint density at radius 3 is 0.840 bits per heavy atom. The van der Waals surface area contributed by atoms with Gasteiger partial charge in [-0.3, -0.25) is 14.4 Å². The molecule has 6 atom stereocenters. The highest BCUT2D eigenvalue weighted by Gasteiger charge is 2.39. The number of likely N-dealkylation sites (tertiary alicyclic amines) is 3. The summed E-state index contributed by atoms with van der Waals surface area (Å²) in [7, 11) is 6.25. The fourth-order valence-electron chi connectivity index (χ4n) is 12.2. The molecular formula is C66H69N3O6. The summed E-state index contributed by atoms with van der Waals surface area (Å²) < 4.78 is 19.7. The lowest BCUT2D eigenvalue weighted by Gasteiger charge is -2.23. The van der Waals surface area contributed by atoms with Crippen molar-refractivity contribution in [2.75, 3.05) is 60.4 Å². The Balaban J connectivity index is 0.865. The van der Waals surface area contributed by atoms with Crippen molar-refractivity contribution in [3.63, 3.8) is 0 Å². The molecule has 9 heteroatoms. The van der Waals surface area contributed by atoms with Crippen LogP contribution < -0.4 is 14.2 Å². The second-order valence-electron chi connectivity index (χ2n) is 21.4. The summed E-state index contributed by atoms with van der Waals surface area (Å²) in [6.07, 6.45) is 0. The Bertz CT molecular complexity index is 2750. The number of ketones is 3. The smallest absolute Gasteiger partial charge is 0.167 e. The molecule has 10 rings (SSSR count). The van der Waals surface area contributed by atoms with Crippen LogP contribution in [0.1, 0.15) is 98.9 Å². The molecule has 75 heavy (non-hydrogen) atoms. The van der Waals surface area contributed by atoms with Crippen LogP contribution in [0.4, 0.5) is 0 Å². The van der Waals surface area contributed by atoms with E-state index in [0.717, 1.165) is 72.6 Å². The van der Waals surface area contributed by atoms with Crippen LogP contribution in [0.25, 0.3) is 0 Å². The predicted octanol–water partition coefficient (Wildman–Crippen LogP) is 11.9. The summed E-state index contributed by atoms with van der Waals surface area (Å²) in [5.74, 6) is 2.54. The molecule has 3 saturated heterocycles. The van der Waals surface area contributed by atoms with Crippen LogP contribution in [0.15, 0.2) is 164 Å². The van der Waals surface area contributed by atoms with E-state index in [1.165, 1.54) is 16.7 Å². The fraction of sp³-hybridized carbons (Fsp3) is 0.318. The summed E-state index contributed by atoms with van der Waals surface area (Å²) >= 11 is 0. The third-order valence-electron chi connectivity index (χ3n) is 16.5. The Kier molecular flexibility index (Phi) is 15.6. The minimum Gasteiger partial charge on any atom is -0.489 e. The van der Waals surface area contributed by atoms with E-state index in [-0.39, 0.29) is 52.9 Å². The molecule has 0 bridgehead atoms. The van der Waals surface area contributed by atoms with E-state index in [9.17, 15) is 14.4 Å². The molecule has 0 spiro atoms. The van der Waals surface area contributed by atoms with Crippen molar-refractivity contribution in [1.29, 1.82) is 0 Å². The second-order valence-corrected chi connectivity index (χ2v) is 21.4. The van der Waals surface area contributed by atoms with E-state index in [1.807, 2.05) is 127 Å². The van der Waals surface area contributed by atoms with Crippen LogP contribution in [0.5, 0.6) is 17.2 Å². The standard InChI is InChI=1S/C66H69N3O6/c1-43-61(40-73-52-28-22-49(23-29-52)64(70)58-37-67(4)34-55(58)46-16-10-7-11-17-46)44(2)63(42-75-54-32-26-51(27-33-54)66(72)60-39-69(6)36-57(60)48-20-14-9-15-21-48)45(3)62(43)41-74-53-30-24-50(25-31-53)65(71)59-38-68(5)35-56(59)47-18-12-8-13-19-47/h7-33,55-60H,34-42H2,1-6H3/t55-,56-,57-,58+,59+,60+/m0/s1. The van der Waals surface area contributed by atoms with Crippen molar-refractivity contribution >= 4 is 17.3 Å². The Morgan fingerprint density at radius 2 is 0.600 bits per heavy atom. The number of hydrogen-bond donors (Lipinski definition) is 0. The molecule has 3 fully saturated rings. The van der Waals surface area contributed by atoms with Crippen LogP contribution in [0.2, 0.25) is 0 Å². The fourth-order valence-corrected chi connectivity index (χ4v) is 12.2. The summed E-state index contributed by atoms with van der Waals surface area (Å²) in [6, 6.07) is 53.9. The van der Waals surface area contributed by atoms with E-state index in [0.29, 0.717) is 53.8 Å². The van der Waals surface area contributed by atoms with Gasteiger partial charge in [0, 0.05) is 91.5 Å². The number of hydrogen-bond acceptors (Lipinski definition) is 9. The molecule has 0 amide bonds. The number of Topliss-reactive ketones (excluding diaryl/α,β-unsaturated/α-hetero) is 3. The first kappa shape index (κ1) is 51.3. The van der Waals surface area contributed by atoms with Gasteiger partial charge < -0.3 is 28.9 Å². The quantitative estimate of drug-likeness (QED) is 0.0780. The van der Waals surface area contributed by atoms with E-state index < -0.39 is 0 Å². The molecular weight excluding hydrogens is 931 g/mol. The molecule has 0 radical (unpaired) electrons. The van der Waals surface area contributed by atoms with Crippen molar-refractivity contribution in [2.45, 2.75) is 58.3 Å². The number of rotatable bonds is 18. The van der Waals surface area contributed by atoms with Crippen molar-refractivity contribution in [1.82, 2.24) is 14.7 Å². The SMILES string of the molecule is Cc1c(COc2ccc(C(=O)[C@@H]3CN(C)C[C@H]3c3ccccc3)cc2)c(C)c(COc2ccc(C(=O)[C@@H]3CN(C)C[C@H]3c3ccccc3)cc2)c(C)c1COc1ccc(C(=O)[C@@H]2CN(C)C[C@H]2c2ccccc2)cc1. The van der Waals surface area contributed by atoms with E-state index >= 15 is 0 Å². The van der Waals surface area contributed by atoms with E-state index in [4.69, 9.17) is 14.2 Å². The number of likely N-dealkylation sites (N-methyl/N-ethyl adjacent to an activating group) is 3. The number of benzene rings is 7. The van der Waals surface area contributed by atoms with E-state index in [1.54, 1.807) is 0 Å². The molecule has 0 N–H and O–H groups in total. The van der Waals surface area contributed by atoms with Gasteiger partial charge in [-0.25, -0.2) is 0 Å². The molecule has 9 nitrogen and oxygen atoms in total. The monoisotopic (exact) mass is 1000 g/mol. The second kappa shape index (κ2) is 22.7. The van der Waals surface area contributed by atoms with Crippen molar-refractivity contribution in [3.8, 4) is 17.2 Å². The molecule has 0 aliphatic carbocycles. The molecule has 0 saturated carbocycles. The molecule has 0 unspecified atom stereocenters. The van der Waals surface area contributed by atoms with Crippen molar-refractivity contribution in [2.24, 2.45) is 17.8 Å². The van der Waals surface area contributed by atoms with Gasteiger partial charge in [0.05, 0.1) is 0 Å². The molecule has 7 aromatic rings. The zero-order valence-electron chi connectivity index (χ0n) is 44.2. The number of ether oxygens (including phenoxy) is 3. The van der Waals surface area contributed by atoms with Crippen LogP contribution in [-0.4, -0.2) is 92.5 Å². The normalized spacial score (nSPS) is 21.0. The molecule has 0 aromatic heterocycles. The van der Waals surface area contributed by atoms with Crippen LogP contribution in [0, 0.1) is 38.5 Å². The number of carbonyl (C=O) groups is 3. The van der Waals surface area contributed by atoms with Crippen molar-refractivity contribution < 1.29 is 28.6 Å². The predicted molar refractivity (Wildman–Crippen MR) is 296 cm³/mol. The summed E-state index contributed by atoms with van der Waals surface area (Å²) in [6.45, 7) is 12.0. The van der Waals surface area contributed by atoms with Gasteiger partial charge in [-0.15, -0.1) is 0 Å². The van der Waals surface area contributed by atoms with Gasteiger partial charge >= 0.3 is 0 Å². The van der Waals surface area contributed by atoms with E-state index in [2.05, 4.69) is 93.0 Å². The first-order valence-electron chi connectivity index (χ1n) is 26.5. The largest absolute Gasteiger partial charge is 0.489 e.